The van der Waals surface area contributed by atoms with Gasteiger partial charge in [-0.1, -0.05) is 11.6 Å². The Bertz CT molecular complexity index is 800. The van der Waals surface area contributed by atoms with Crippen LogP contribution in [0.3, 0.4) is 0 Å². The average molecular weight is 379 g/mol. The molecule has 0 aliphatic heterocycles. The van der Waals surface area contributed by atoms with Crippen molar-refractivity contribution in [1.82, 2.24) is 5.32 Å². The van der Waals surface area contributed by atoms with Crippen molar-refractivity contribution in [3.8, 4) is 0 Å². The molecule has 0 saturated heterocycles. The van der Waals surface area contributed by atoms with Gasteiger partial charge in [-0.3, -0.25) is 0 Å². The first-order chi connectivity index (χ1) is 11.6. The summed E-state index contributed by atoms with van der Waals surface area (Å²) in [5.74, 6) is 0. The van der Waals surface area contributed by atoms with Crippen molar-refractivity contribution in [2.75, 3.05) is 5.32 Å². The van der Waals surface area contributed by atoms with Gasteiger partial charge in [-0.25, -0.2) is 4.79 Å². The number of anilines is 1. The van der Waals surface area contributed by atoms with Crippen molar-refractivity contribution >= 4 is 46.0 Å². The van der Waals surface area contributed by atoms with E-state index in [1.165, 1.54) is 11.3 Å². The summed E-state index contributed by atoms with van der Waals surface area (Å²) in [6, 6.07) is 12.3. The van der Waals surface area contributed by atoms with E-state index in [2.05, 4.69) is 10.6 Å². The molecule has 1 aromatic carbocycles. The molecule has 3 rings (SSSR count). The molecule has 0 radical (unpaired) electrons. The van der Waals surface area contributed by atoms with E-state index in [-0.39, 0.29) is 6.03 Å². The van der Waals surface area contributed by atoms with Crippen LogP contribution in [0.4, 0.5) is 10.5 Å². The summed E-state index contributed by atoms with van der Waals surface area (Å²) in [5.41, 5.74) is 1.57. The molecular weight excluding hydrogens is 364 g/mol. The molecule has 2 heterocycles. The Morgan fingerprint density at radius 1 is 1.17 bits per heavy atom. The standard InChI is InChI=1S/C17H15ClN2O2S2/c18-12-1-3-13(4-2-12)20-17(22)19-9-14-5-6-15(24-14)16(21)11-7-8-23-10-11/h1-8,10,16,21H,9H2,(H2,19,20,22). The predicted octanol–water partition coefficient (Wildman–Crippen LogP) is 4.87. The number of nitrogens with one attached hydrogen (secondary N) is 2. The maximum Gasteiger partial charge on any atom is 0.319 e. The minimum absolute atomic E-state index is 0.286. The van der Waals surface area contributed by atoms with Gasteiger partial charge >= 0.3 is 6.03 Å². The van der Waals surface area contributed by atoms with Gasteiger partial charge in [-0.05, 0) is 58.8 Å². The number of rotatable bonds is 5. The molecular formula is C17H15ClN2O2S2. The molecule has 0 aliphatic carbocycles. The Labute approximate surface area is 152 Å². The molecule has 7 heteroatoms. The van der Waals surface area contributed by atoms with E-state index in [4.69, 9.17) is 11.6 Å². The zero-order valence-electron chi connectivity index (χ0n) is 12.5. The highest BCUT2D eigenvalue weighted by Gasteiger charge is 2.13. The molecule has 0 saturated carbocycles. The fraction of sp³-hybridized carbons (Fsp3) is 0.118. The molecule has 0 aliphatic rings. The Morgan fingerprint density at radius 2 is 1.96 bits per heavy atom. The van der Waals surface area contributed by atoms with Crippen LogP contribution >= 0.6 is 34.3 Å². The van der Waals surface area contributed by atoms with Crippen LogP contribution in [0.15, 0.2) is 53.2 Å². The lowest BCUT2D eigenvalue weighted by Crippen LogP contribution is -2.27. The van der Waals surface area contributed by atoms with Crippen LogP contribution in [0.2, 0.25) is 5.02 Å². The maximum atomic E-state index is 11.9. The number of benzene rings is 1. The minimum atomic E-state index is -0.613. The van der Waals surface area contributed by atoms with Gasteiger partial charge < -0.3 is 15.7 Å². The number of hydrogen-bond donors (Lipinski definition) is 3. The van der Waals surface area contributed by atoms with E-state index < -0.39 is 6.10 Å². The SMILES string of the molecule is O=C(NCc1ccc(C(O)c2ccsc2)s1)Nc1ccc(Cl)cc1. The van der Waals surface area contributed by atoms with Gasteiger partial charge in [0.2, 0.25) is 0 Å². The van der Waals surface area contributed by atoms with Crippen molar-refractivity contribution in [3.63, 3.8) is 0 Å². The van der Waals surface area contributed by atoms with Gasteiger partial charge in [0, 0.05) is 20.5 Å². The first-order valence-electron chi connectivity index (χ1n) is 7.21. The van der Waals surface area contributed by atoms with E-state index in [9.17, 15) is 9.90 Å². The van der Waals surface area contributed by atoms with E-state index in [0.717, 1.165) is 15.3 Å². The summed E-state index contributed by atoms with van der Waals surface area (Å²) in [7, 11) is 0. The number of urea groups is 1. The second-order valence-corrected chi connectivity index (χ2v) is 7.49. The summed E-state index contributed by atoms with van der Waals surface area (Å²) in [6.45, 7) is 0.403. The monoisotopic (exact) mass is 378 g/mol. The van der Waals surface area contributed by atoms with E-state index in [1.54, 1.807) is 35.6 Å². The molecule has 0 spiro atoms. The molecule has 0 fully saturated rings. The van der Waals surface area contributed by atoms with Crippen molar-refractivity contribution < 1.29 is 9.90 Å². The lowest BCUT2D eigenvalue weighted by Gasteiger charge is -2.07. The second kappa shape index (κ2) is 7.81. The van der Waals surface area contributed by atoms with Gasteiger partial charge in [0.05, 0.1) is 6.54 Å². The molecule has 3 aromatic rings. The van der Waals surface area contributed by atoms with Crippen LogP contribution in [0.5, 0.6) is 0 Å². The third kappa shape index (κ3) is 4.36. The maximum absolute atomic E-state index is 11.9. The topological polar surface area (TPSA) is 61.4 Å². The molecule has 24 heavy (non-hydrogen) atoms. The van der Waals surface area contributed by atoms with E-state index >= 15 is 0 Å². The van der Waals surface area contributed by atoms with Crippen LogP contribution in [-0.2, 0) is 6.54 Å². The van der Waals surface area contributed by atoms with Crippen molar-refractivity contribution in [2.24, 2.45) is 0 Å². The van der Waals surface area contributed by atoms with E-state index in [0.29, 0.717) is 17.3 Å². The number of carbonyl (C=O) groups is 1. The molecule has 4 nitrogen and oxygen atoms in total. The minimum Gasteiger partial charge on any atom is -0.383 e. The van der Waals surface area contributed by atoms with Crippen LogP contribution in [0.1, 0.15) is 21.4 Å². The molecule has 124 valence electrons. The summed E-state index contributed by atoms with van der Waals surface area (Å²) in [4.78, 5) is 13.7. The fourth-order valence-electron chi connectivity index (χ4n) is 2.11. The summed E-state index contributed by atoms with van der Waals surface area (Å²) in [5, 5.41) is 20.3. The number of aliphatic hydroxyl groups excluding tert-OH is 1. The van der Waals surface area contributed by atoms with Crippen molar-refractivity contribution in [2.45, 2.75) is 12.6 Å². The quantitative estimate of drug-likeness (QED) is 0.593. The number of amides is 2. The van der Waals surface area contributed by atoms with Crippen LogP contribution in [0.25, 0.3) is 0 Å². The number of carbonyl (C=O) groups excluding carboxylic acids is 1. The first-order valence-corrected chi connectivity index (χ1v) is 9.35. The molecule has 1 atom stereocenters. The number of hydrogen-bond acceptors (Lipinski definition) is 4. The third-order valence-corrected chi connectivity index (χ3v) is 5.43. The highest BCUT2D eigenvalue weighted by atomic mass is 35.5. The lowest BCUT2D eigenvalue weighted by atomic mass is 10.2. The average Bonchev–Trinajstić information content (AvgIpc) is 3.26. The largest absolute Gasteiger partial charge is 0.383 e. The fourth-order valence-corrected chi connectivity index (χ4v) is 3.88. The number of aliphatic hydroxyl groups is 1. The second-order valence-electron chi connectivity index (χ2n) is 5.08. The van der Waals surface area contributed by atoms with Crippen LogP contribution in [-0.4, -0.2) is 11.1 Å². The Morgan fingerprint density at radius 3 is 2.67 bits per heavy atom. The van der Waals surface area contributed by atoms with E-state index in [1.807, 2.05) is 29.0 Å². The van der Waals surface area contributed by atoms with Gasteiger partial charge in [0.15, 0.2) is 0 Å². The molecule has 3 N–H and O–H groups in total. The zero-order chi connectivity index (χ0) is 16.9. The molecule has 1 unspecified atom stereocenters. The summed E-state index contributed by atoms with van der Waals surface area (Å²) in [6.07, 6.45) is -0.613. The number of halogens is 1. The predicted molar refractivity (Wildman–Crippen MR) is 100 cm³/mol. The molecule has 2 aromatic heterocycles. The van der Waals surface area contributed by atoms with Crippen LogP contribution < -0.4 is 10.6 Å². The summed E-state index contributed by atoms with van der Waals surface area (Å²) >= 11 is 8.85. The smallest absolute Gasteiger partial charge is 0.319 e. The lowest BCUT2D eigenvalue weighted by molar-refractivity contribution is 0.224. The molecule has 2 amide bonds. The highest BCUT2D eigenvalue weighted by molar-refractivity contribution is 7.12. The number of thiophene rings is 2. The Balaban J connectivity index is 1.53. The zero-order valence-corrected chi connectivity index (χ0v) is 14.9. The highest BCUT2D eigenvalue weighted by Crippen LogP contribution is 2.29. The van der Waals surface area contributed by atoms with Gasteiger partial charge in [-0.2, -0.15) is 11.3 Å². The van der Waals surface area contributed by atoms with Crippen molar-refractivity contribution in [3.05, 3.63) is 73.6 Å². The summed E-state index contributed by atoms with van der Waals surface area (Å²) < 4.78 is 0. The van der Waals surface area contributed by atoms with Gasteiger partial charge in [0.1, 0.15) is 6.10 Å². The van der Waals surface area contributed by atoms with Crippen molar-refractivity contribution in [1.29, 1.82) is 0 Å². The first kappa shape index (κ1) is 17.0. The normalized spacial score (nSPS) is 11.9. The van der Waals surface area contributed by atoms with Gasteiger partial charge in [-0.15, -0.1) is 11.3 Å². The Kier molecular flexibility index (Phi) is 5.52. The Hall–Kier alpha value is -1.86. The van der Waals surface area contributed by atoms with Crippen LogP contribution in [0, 0.1) is 0 Å². The van der Waals surface area contributed by atoms with Gasteiger partial charge in [0.25, 0.3) is 0 Å². The molecule has 0 bridgehead atoms. The third-order valence-electron chi connectivity index (χ3n) is 3.34.